The Morgan fingerprint density at radius 2 is 2.20 bits per heavy atom. The third-order valence-electron chi connectivity index (χ3n) is 2.29. The fourth-order valence-electron chi connectivity index (χ4n) is 1.37. The van der Waals surface area contributed by atoms with Crippen molar-refractivity contribution in [1.29, 1.82) is 0 Å². The van der Waals surface area contributed by atoms with Gasteiger partial charge < -0.3 is 10.1 Å². The first-order chi connectivity index (χ1) is 7.10. The predicted molar refractivity (Wildman–Crippen MR) is 59.8 cm³/mol. The van der Waals surface area contributed by atoms with E-state index in [9.17, 15) is 4.79 Å². The van der Waals surface area contributed by atoms with Gasteiger partial charge in [0, 0.05) is 0 Å². The normalized spacial score (nSPS) is 10.9. The average molecular weight is 207 g/mol. The van der Waals surface area contributed by atoms with Crippen LogP contribution in [0.25, 0.3) is 0 Å². The molecule has 1 amide bonds. The quantitative estimate of drug-likeness (QED) is 0.750. The smallest absolute Gasteiger partial charge is 0.207 e. The Labute approximate surface area is 90.4 Å². The highest BCUT2D eigenvalue weighted by atomic mass is 16.5. The van der Waals surface area contributed by atoms with Crippen molar-refractivity contribution in [1.82, 2.24) is 5.32 Å². The second-order valence-electron chi connectivity index (χ2n) is 3.85. The summed E-state index contributed by atoms with van der Waals surface area (Å²) in [6.45, 7) is 6.49. The van der Waals surface area contributed by atoms with Crippen molar-refractivity contribution in [3.8, 4) is 5.75 Å². The molecule has 0 fully saturated rings. The first kappa shape index (κ1) is 11.6. The lowest BCUT2D eigenvalue weighted by atomic mass is 9.94. The number of amides is 1. The maximum Gasteiger partial charge on any atom is 0.207 e. The number of hydrogen-bond acceptors (Lipinski definition) is 2. The van der Waals surface area contributed by atoms with Gasteiger partial charge in [-0.2, -0.15) is 0 Å². The van der Waals surface area contributed by atoms with Crippen molar-refractivity contribution >= 4 is 6.41 Å². The molecule has 0 aromatic heterocycles. The highest BCUT2D eigenvalue weighted by Gasteiger charge is 2.19. The Morgan fingerprint density at radius 1 is 1.47 bits per heavy atom. The number of carbonyl (C=O) groups is 1. The largest absolute Gasteiger partial charge is 0.494 e. The van der Waals surface area contributed by atoms with Crippen molar-refractivity contribution in [3.05, 3.63) is 29.8 Å². The monoisotopic (exact) mass is 207 g/mol. The third-order valence-corrected chi connectivity index (χ3v) is 2.29. The lowest BCUT2D eigenvalue weighted by Crippen LogP contribution is -2.35. The number of benzene rings is 1. The van der Waals surface area contributed by atoms with E-state index in [0.29, 0.717) is 13.0 Å². The average Bonchev–Trinajstić information content (AvgIpc) is 2.19. The maximum absolute atomic E-state index is 10.5. The van der Waals surface area contributed by atoms with E-state index in [0.717, 1.165) is 11.3 Å². The molecule has 3 nitrogen and oxygen atoms in total. The molecule has 0 spiro atoms. The van der Waals surface area contributed by atoms with Gasteiger partial charge in [-0.3, -0.25) is 4.79 Å². The topological polar surface area (TPSA) is 38.3 Å². The van der Waals surface area contributed by atoms with E-state index < -0.39 is 0 Å². The van der Waals surface area contributed by atoms with Gasteiger partial charge in [0.2, 0.25) is 6.41 Å². The summed E-state index contributed by atoms with van der Waals surface area (Å²) in [5.41, 5.74) is 0.662. The molecule has 15 heavy (non-hydrogen) atoms. The summed E-state index contributed by atoms with van der Waals surface area (Å²) in [7, 11) is 0. The zero-order valence-corrected chi connectivity index (χ0v) is 9.41. The van der Waals surface area contributed by atoms with E-state index in [2.05, 4.69) is 5.32 Å². The van der Waals surface area contributed by atoms with Gasteiger partial charge in [0.1, 0.15) is 5.75 Å². The Hall–Kier alpha value is -1.51. The summed E-state index contributed by atoms with van der Waals surface area (Å²) in [5, 5.41) is 2.77. The molecule has 0 aliphatic heterocycles. The summed E-state index contributed by atoms with van der Waals surface area (Å²) < 4.78 is 5.40. The zero-order valence-electron chi connectivity index (χ0n) is 9.41. The molecular weight excluding hydrogens is 190 g/mol. The third kappa shape index (κ3) is 2.98. The Morgan fingerprint density at radius 3 is 2.80 bits per heavy atom. The van der Waals surface area contributed by atoms with Crippen LogP contribution >= 0.6 is 0 Å². The van der Waals surface area contributed by atoms with Crippen LogP contribution in [0.1, 0.15) is 26.3 Å². The van der Waals surface area contributed by atoms with Crippen LogP contribution in [0.4, 0.5) is 0 Å². The van der Waals surface area contributed by atoms with Gasteiger partial charge >= 0.3 is 0 Å². The van der Waals surface area contributed by atoms with Crippen molar-refractivity contribution in [2.75, 3.05) is 6.61 Å². The summed E-state index contributed by atoms with van der Waals surface area (Å²) in [5.74, 6) is 0.829. The Kier molecular flexibility index (Phi) is 3.72. The van der Waals surface area contributed by atoms with Crippen molar-refractivity contribution < 1.29 is 9.53 Å². The number of ether oxygens (including phenoxy) is 1. The molecule has 0 unspecified atom stereocenters. The lowest BCUT2D eigenvalue weighted by Gasteiger charge is -2.24. The fraction of sp³-hybridized carbons (Fsp3) is 0.417. The van der Waals surface area contributed by atoms with Crippen molar-refractivity contribution in [3.63, 3.8) is 0 Å². The molecule has 1 aromatic rings. The number of hydrogen-bond donors (Lipinski definition) is 1. The van der Waals surface area contributed by atoms with Gasteiger partial charge in [-0.25, -0.2) is 0 Å². The summed E-state index contributed by atoms with van der Waals surface area (Å²) >= 11 is 0. The maximum atomic E-state index is 10.5. The zero-order chi connectivity index (χ0) is 11.3. The Bertz CT molecular complexity index is 334. The number of carbonyl (C=O) groups excluding carboxylic acids is 1. The van der Waals surface area contributed by atoms with E-state index in [1.165, 1.54) is 0 Å². The van der Waals surface area contributed by atoms with Gasteiger partial charge in [0.25, 0.3) is 0 Å². The molecule has 1 aromatic carbocycles. The van der Waals surface area contributed by atoms with Gasteiger partial charge in [-0.1, -0.05) is 12.1 Å². The van der Waals surface area contributed by atoms with Crippen LogP contribution in [0.2, 0.25) is 0 Å². The number of nitrogens with one attached hydrogen (secondary N) is 1. The van der Waals surface area contributed by atoms with Gasteiger partial charge in [0.05, 0.1) is 12.1 Å². The van der Waals surface area contributed by atoms with Crippen molar-refractivity contribution in [2.24, 2.45) is 0 Å². The molecule has 0 aliphatic rings. The molecule has 82 valence electrons. The SMILES string of the molecule is CCOc1cccc(C(C)(C)NC=O)c1. The van der Waals surface area contributed by atoms with E-state index in [1.807, 2.05) is 45.0 Å². The van der Waals surface area contributed by atoms with Crippen LogP contribution in [0, 0.1) is 0 Å². The highest BCUT2D eigenvalue weighted by molar-refractivity contribution is 5.49. The molecule has 0 radical (unpaired) electrons. The summed E-state index contributed by atoms with van der Waals surface area (Å²) in [4.78, 5) is 10.5. The van der Waals surface area contributed by atoms with E-state index >= 15 is 0 Å². The standard InChI is InChI=1S/C12H17NO2/c1-4-15-11-7-5-6-10(8-11)12(2,3)13-9-14/h5-9H,4H2,1-3H3,(H,13,14). The molecule has 0 saturated heterocycles. The van der Waals surface area contributed by atoms with E-state index in [1.54, 1.807) is 0 Å². The molecule has 0 atom stereocenters. The first-order valence-corrected chi connectivity index (χ1v) is 5.05. The van der Waals surface area contributed by atoms with Gasteiger partial charge in [-0.15, -0.1) is 0 Å². The van der Waals surface area contributed by atoms with Crippen LogP contribution in [0.15, 0.2) is 24.3 Å². The minimum atomic E-state index is -0.366. The van der Waals surface area contributed by atoms with Crippen LogP contribution < -0.4 is 10.1 Å². The summed E-state index contributed by atoms with van der Waals surface area (Å²) in [6.07, 6.45) is 0.716. The molecule has 0 aliphatic carbocycles. The molecular formula is C12H17NO2. The molecule has 1 N–H and O–H groups in total. The predicted octanol–water partition coefficient (Wildman–Crippen LogP) is 2.07. The van der Waals surface area contributed by atoms with Gasteiger partial charge in [-0.05, 0) is 38.5 Å². The second kappa shape index (κ2) is 4.82. The molecule has 0 heterocycles. The minimum Gasteiger partial charge on any atom is -0.494 e. The van der Waals surface area contributed by atoms with Crippen LogP contribution in [-0.2, 0) is 10.3 Å². The Balaban J connectivity index is 2.93. The summed E-state index contributed by atoms with van der Waals surface area (Å²) in [6, 6.07) is 7.75. The first-order valence-electron chi connectivity index (χ1n) is 5.05. The second-order valence-corrected chi connectivity index (χ2v) is 3.85. The van der Waals surface area contributed by atoms with Gasteiger partial charge in [0.15, 0.2) is 0 Å². The van der Waals surface area contributed by atoms with E-state index in [4.69, 9.17) is 4.74 Å². The molecule has 3 heteroatoms. The van der Waals surface area contributed by atoms with Crippen LogP contribution in [0.3, 0.4) is 0 Å². The molecule has 0 bridgehead atoms. The molecule has 1 rings (SSSR count). The molecule has 0 saturated carbocycles. The lowest BCUT2D eigenvalue weighted by molar-refractivity contribution is -0.111. The number of rotatable bonds is 5. The van der Waals surface area contributed by atoms with Crippen molar-refractivity contribution in [2.45, 2.75) is 26.3 Å². The minimum absolute atomic E-state index is 0.366. The van der Waals surface area contributed by atoms with Crippen LogP contribution in [-0.4, -0.2) is 13.0 Å². The van der Waals surface area contributed by atoms with E-state index in [-0.39, 0.29) is 5.54 Å². The highest BCUT2D eigenvalue weighted by Crippen LogP contribution is 2.23. The van der Waals surface area contributed by atoms with Crippen LogP contribution in [0.5, 0.6) is 5.75 Å². The fourth-order valence-corrected chi connectivity index (χ4v) is 1.37.